The molecule has 0 saturated carbocycles. The van der Waals surface area contributed by atoms with Gasteiger partial charge in [0.05, 0.1) is 18.3 Å². The SMILES string of the molecule is CCC(O)c1ccc(Cc2c(Cl)cc(N3N=CCNC3=O)cc2Cl)cc1. The number of rotatable bonds is 5. The third-order valence-corrected chi connectivity index (χ3v) is 4.91. The molecule has 5 nitrogen and oxygen atoms in total. The number of halogens is 2. The number of benzene rings is 2. The van der Waals surface area contributed by atoms with Crippen LogP contribution in [0, 0.1) is 0 Å². The van der Waals surface area contributed by atoms with E-state index in [-0.39, 0.29) is 6.03 Å². The van der Waals surface area contributed by atoms with E-state index in [1.54, 1.807) is 18.3 Å². The summed E-state index contributed by atoms with van der Waals surface area (Å²) < 4.78 is 0. The lowest BCUT2D eigenvalue weighted by Gasteiger charge is -2.22. The van der Waals surface area contributed by atoms with Gasteiger partial charge in [0.1, 0.15) is 0 Å². The number of anilines is 1. The lowest BCUT2D eigenvalue weighted by molar-refractivity contribution is 0.173. The second-order valence-electron chi connectivity index (χ2n) is 6.03. The quantitative estimate of drug-likeness (QED) is 0.785. The predicted octanol–water partition coefficient (Wildman–Crippen LogP) is 4.54. The van der Waals surface area contributed by atoms with E-state index in [4.69, 9.17) is 23.2 Å². The second-order valence-corrected chi connectivity index (χ2v) is 6.84. The Kier molecular flexibility index (Phi) is 5.81. The van der Waals surface area contributed by atoms with Crippen molar-refractivity contribution in [1.29, 1.82) is 0 Å². The molecule has 0 radical (unpaired) electrons. The van der Waals surface area contributed by atoms with Gasteiger partial charge in [-0.2, -0.15) is 10.1 Å². The van der Waals surface area contributed by atoms with E-state index in [0.29, 0.717) is 35.1 Å². The van der Waals surface area contributed by atoms with Crippen molar-refractivity contribution in [2.45, 2.75) is 25.9 Å². The molecule has 7 heteroatoms. The molecular formula is C19H19Cl2N3O2. The first kappa shape index (κ1) is 18.7. The van der Waals surface area contributed by atoms with Gasteiger partial charge in [0, 0.05) is 22.7 Å². The van der Waals surface area contributed by atoms with Gasteiger partial charge in [-0.3, -0.25) is 0 Å². The van der Waals surface area contributed by atoms with Crippen LogP contribution in [0.5, 0.6) is 0 Å². The highest BCUT2D eigenvalue weighted by Crippen LogP contribution is 2.33. The number of urea groups is 1. The minimum atomic E-state index is -0.452. The molecule has 1 heterocycles. The molecule has 0 aromatic heterocycles. The smallest absolute Gasteiger partial charge is 0.342 e. The molecule has 0 bridgehead atoms. The van der Waals surface area contributed by atoms with Crippen LogP contribution in [0.4, 0.5) is 10.5 Å². The maximum Gasteiger partial charge on any atom is 0.342 e. The van der Waals surface area contributed by atoms with Gasteiger partial charge in [0.25, 0.3) is 0 Å². The largest absolute Gasteiger partial charge is 0.388 e. The number of aliphatic hydroxyl groups excluding tert-OH is 1. The molecule has 1 aliphatic rings. The highest BCUT2D eigenvalue weighted by Gasteiger charge is 2.20. The monoisotopic (exact) mass is 391 g/mol. The average molecular weight is 392 g/mol. The van der Waals surface area contributed by atoms with Gasteiger partial charge in [-0.25, -0.2) is 4.79 Å². The highest BCUT2D eigenvalue weighted by molar-refractivity contribution is 6.36. The molecule has 2 aromatic carbocycles. The third kappa shape index (κ3) is 4.01. The maximum atomic E-state index is 11.9. The number of carbonyl (C=O) groups is 1. The lowest BCUT2D eigenvalue weighted by Crippen LogP contribution is -2.41. The van der Waals surface area contributed by atoms with Crippen molar-refractivity contribution < 1.29 is 9.90 Å². The van der Waals surface area contributed by atoms with E-state index in [0.717, 1.165) is 16.7 Å². The molecule has 136 valence electrons. The molecule has 3 rings (SSSR count). The number of nitrogens with one attached hydrogen (secondary N) is 1. The topological polar surface area (TPSA) is 64.9 Å². The summed E-state index contributed by atoms with van der Waals surface area (Å²) >= 11 is 12.8. The fourth-order valence-corrected chi connectivity index (χ4v) is 3.35. The number of hydrogen-bond acceptors (Lipinski definition) is 3. The number of hydrazone groups is 1. The Labute approximate surface area is 162 Å². The maximum absolute atomic E-state index is 11.9. The average Bonchev–Trinajstić information content (AvgIpc) is 2.65. The van der Waals surface area contributed by atoms with Crippen LogP contribution < -0.4 is 10.3 Å². The van der Waals surface area contributed by atoms with Gasteiger partial charge < -0.3 is 10.4 Å². The Morgan fingerprint density at radius 2 is 1.88 bits per heavy atom. The van der Waals surface area contributed by atoms with Crippen molar-refractivity contribution in [2.75, 3.05) is 11.6 Å². The molecule has 0 aliphatic carbocycles. The minimum absolute atomic E-state index is 0.322. The van der Waals surface area contributed by atoms with Crippen molar-refractivity contribution in [1.82, 2.24) is 5.32 Å². The summed E-state index contributed by atoms with van der Waals surface area (Å²) in [4.78, 5) is 11.9. The molecule has 1 unspecified atom stereocenters. The van der Waals surface area contributed by atoms with Gasteiger partial charge in [0.15, 0.2) is 0 Å². The van der Waals surface area contributed by atoms with E-state index < -0.39 is 6.10 Å². The molecule has 2 aromatic rings. The Morgan fingerprint density at radius 1 is 1.23 bits per heavy atom. The first-order valence-electron chi connectivity index (χ1n) is 8.34. The van der Waals surface area contributed by atoms with E-state index in [2.05, 4.69) is 10.4 Å². The number of amides is 2. The Hall–Kier alpha value is -2.08. The standard InChI is InChI=1S/C19H19Cl2N3O2/c1-2-18(25)13-5-3-12(4-6-13)9-15-16(20)10-14(11-17(15)21)24-19(26)22-7-8-23-24/h3-6,8,10-11,18,25H,2,7,9H2,1H3,(H,22,26). The Bertz CT molecular complexity index is 814. The normalized spacial score (nSPS) is 15.1. The molecular weight excluding hydrogens is 373 g/mol. The van der Waals surface area contributed by atoms with Crippen LogP contribution in [0.2, 0.25) is 10.0 Å². The van der Waals surface area contributed by atoms with Gasteiger partial charge in [-0.05, 0) is 35.2 Å². The van der Waals surface area contributed by atoms with Crippen molar-refractivity contribution in [2.24, 2.45) is 5.10 Å². The summed E-state index contributed by atoms with van der Waals surface area (Å²) in [6.45, 7) is 2.34. The van der Waals surface area contributed by atoms with Crippen molar-refractivity contribution >= 4 is 41.1 Å². The van der Waals surface area contributed by atoms with Crippen LogP contribution in [-0.4, -0.2) is 23.9 Å². The van der Waals surface area contributed by atoms with E-state index in [9.17, 15) is 9.90 Å². The van der Waals surface area contributed by atoms with E-state index in [1.165, 1.54) is 5.01 Å². The van der Waals surface area contributed by atoms with Crippen LogP contribution in [0.15, 0.2) is 41.5 Å². The fraction of sp³-hybridized carbons (Fsp3) is 0.263. The van der Waals surface area contributed by atoms with Crippen LogP contribution in [0.1, 0.15) is 36.1 Å². The molecule has 26 heavy (non-hydrogen) atoms. The zero-order valence-corrected chi connectivity index (χ0v) is 15.8. The van der Waals surface area contributed by atoms with Crippen LogP contribution in [0.25, 0.3) is 0 Å². The summed E-state index contributed by atoms with van der Waals surface area (Å²) in [6, 6.07) is 10.8. The number of hydrogen-bond donors (Lipinski definition) is 2. The zero-order chi connectivity index (χ0) is 18.7. The van der Waals surface area contributed by atoms with Crippen molar-refractivity contribution in [3.8, 4) is 0 Å². The summed E-state index contributed by atoms with van der Waals surface area (Å²) in [7, 11) is 0. The first-order chi connectivity index (χ1) is 12.5. The molecule has 2 amide bonds. The second kappa shape index (κ2) is 8.08. The number of nitrogens with zero attached hydrogens (tertiary/aromatic N) is 2. The van der Waals surface area contributed by atoms with Gasteiger partial charge in [-0.1, -0.05) is 54.4 Å². The summed E-state index contributed by atoms with van der Waals surface area (Å²) in [5.41, 5.74) is 3.21. The molecule has 1 aliphatic heterocycles. The summed E-state index contributed by atoms with van der Waals surface area (Å²) in [5.74, 6) is 0. The molecule has 0 fully saturated rings. The molecule has 1 atom stereocenters. The predicted molar refractivity (Wildman–Crippen MR) is 105 cm³/mol. The zero-order valence-electron chi connectivity index (χ0n) is 14.2. The van der Waals surface area contributed by atoms with Gasteiger partial charge >= 0.3 is 6.03 Å². The van der Waals surface area contributed by atoms with Crippen LogP contribution in [0.3, 0.4) is 0 Å². The minimum Gasteiger partial charge on any atom is -0.388 e. The van der Waals surface area contributed by atoms with Gasteiger partial charge in [-0.15, -0.1) is 0 Å². The molecule has 2 N–H and O–H groups in total. The van der Waals surface area contributed by atoms with Crippen molar-refractivity contribution in [3.63, 3.8) is 0 Å². The third-order valence-electron chi connectivity index (χ3n) is 4.24. The first-order valence-corrected chi connectivity index (χ1v) is 9.10. The van der Waals surface area contributed by atoms with Gasteiger partial charge in [0.2, 0.25) is 0 Å². The summed E-state index contributed by atoms with van der Waals surface area (Å²) in [5, 5.41) is 18.8. The van der Waals surface area contributed by atoms with Crippen LogP contribution in [-0.2, 0) is 6.42 Å². The van der Waals surface area contributed by atoms with Crippen molar-refractivity contribution in [3.05, 3.63) is 63.1 Å². The number of carbonyl (C=O) groups excluding carboxylic acids is 1. The number of aliphatic hydroxyl groups is 1. The summed E-state index contributed by atoms with van der Waals surface area (Å²) in [6.07, 6.45) is 2.37. The lowest BCUT2D eigenvalue weighted by atomic mass is 10.0. The van der Waals surface area contributed by atoms with E-state index in [1.807, 2.05) is 31.2 Å². The molecule has 0 saturated heterocycles. The van der Waals surface area contributed by atoms with E-state index >= 15 is 0 Å². The van der Waals surface area contributed by atoms with Crippen LogP contribution >= 0.6 is 23.2 Å². The Balaban J connectivity index is 1.83. The molecule has 0 spiro atoms. The Morgan fingerprint density at radius 3 is 2.46 bits per heavy atom. The highest BCUT2D eigenvalue weighted by atomic mass is 35.5. The fourth-order valence-electron chi connectivity index (χ4n) is 2.74.